The summed E-state index contributed by atoms with van der Waals surface area (Å²) in [5.74, 6) is 0.145. The first kappa shape index (κ1) is 21.9. The molecule has 0 amide bonds. The van der Waals surface area contributed by atoms with Gasteiger partial charge in [-0.15, -0.1) is 0 Å². The number of non-ortho nitro benzene ring substituents is 1. The normalized spacial score (nSPS) is 10.4. The summed E-state index contributed by atoms with van der Waals surface area (Å²) >= 11 is 11.8. The Morgan fingerprint density at radius 2 is 1.93 bits per heavy atom. The number of hydrogen-bond donors (Lipinski definition) is 1. The second kappa shape index (κ2) is 8.72. The molecule has 7 nitrogen and oxygen atoms in total. The van der Waals surface area contributed by atoms with Crippen molar-refractivity contribution in [1.82, 2.24) is 4.57 Å². The third kappa shape index (κ3) is 4.35. The topological polar surface area (TPSA) is 95.0 Å². The summed E-state index contributed by atoms with van der Waals surface area (Å²) in [6.07, 6.45) is 1.68. The van der Waals surface area contributed by atoms with Crippen LogP contribution in [0.1, 0.15) is 10.4 Å². The molecule has 0 aliphatic rings. The molecular weight excluding hydrogens is 471 g/mol. The number of Topliss-reactive ketones (excluding diaryl/α,β-unsaturated/α-hetero) is 1. The van der Waals surface area contributed by atoms with Gasteiger partial charge < -0.3 is 17.0 Å². The third-order valence-corrected chi connectivity index (χ3v) is 4.92. The third-order valence-electron chi connectivity index (χ3n) is 4.19. The van der Waals surface area contributed by atoms with Gasteiger partial charge in [0.25, 0.3) is 5.69 Å². The number of halogens is 3. The van der Waals surface area contributed by atoms with Crippen LogP contribution in [-0.4, -0.2) is 15.3 Å². The first-order valence-electron chi connectivity index (χ1n) is 7.85. The molecule has 1 heterocycles. The van der Waals surface area contributed by atoms with Crippen molar-refractivity contribution in [3.63, 3.8) is 0 Å². The summed E-state index contributed by atoms with van der Waals surface area (Å²) in [6, 6.07) is 10.9. The second-order valence-corrected chi connectivity index (χ2v) is 6.73. The van der Waals surface area contributed by atoms with Crippen LogP contribution in [0.25, 0.3) is 11.3 Å². The maximum Gasteiger partial charge on any atom is 0.355 e. The number of carbonyl (C=O) groups excluding carboxylic acids is 1. The molecule has 0 fully saturated rings. The first-order chi connectivity index (χ1) is 12.8. The van der Waals surface area contributed by atoms with E-state index >= 15 is 0 Å². The van der Waals surface area contributed by atoms with Crippen molar-refractivity contribution in [1.29, 1.82) is 0 Å². The highest BCUT2D eigenvalue weighted by Gasteiger charge is 2.21. The highest BCUT2D eigenvalue weighted by atomic mass is 79.9. The summed E-state index contributed by atoms with van der Waals surface area (Å²) in [7, 11) is 1.73. The molecule has 3 aromatic rings. The van der Waals surface area contributed by atoms with Gasteiger partial charge in [0.15, 0.2) is 5.78 Å². The van der Waals surface area contributed by atoms with Gasteiger partial charge in [0.2, 0.25) is 0 Å². The van der Waals surface area contributed by atoms with Gasteiger partial charge in [0.05, 0.1) is 22.0 Å². The lowest BCUT2D eigenvalue weighted by molar-refractivity contribution is -0.667. The number of imidazole rings is 1. The van der Waals surface area contributed by atoms with Gasteiger partial charge >= 0.3 is 5.95 Å². The number of nitrogens with zero attached hydrogens (tertiary/aromatic N) is 3. The first-order valence-corrected chi connectivity index (χ1v) is 8.61. The highest BCUT2D eigenvalue weighted by molar-refractivity contribution is 6.42. The zero-order chi connectivity index (χ0) is 19.7. The van der Waals surface area contributed by atoms with E-state index in [0.717, 1.165) is 0 Å². The Morgan fingerprint density at radius 1 is 1.21 bits per heavy atom. The molecule has 2 N–H and O–H groups in total. The summed E-state index contributed by atoms with van der Waals surface area (Å²) in [6.45, 7) is -0.00738. The zero-order valence-corrected chi connectivity index (χ0v) is 17.7. The fourth-order valence-electron chi connectivity index (χ4n) is 2.71. The van der Waals surface area contributed by atoms with Crippen LogP contribution in [0.15, 0.2) is 48.7 Å². The Bertz CT molecular complexity index is 1070. The van der Waals surface area contributed by atoms with E-state index in [0.29, 0.717) is 32.8 Å². The van der Waals surface area contributed by atoms with E-state index in [2.05, 4.69) is 0 Å². The number of hydrogen-bond acceptors (Lipinski definition) is 4. The van der Waals surface area contributed by atoms with Crippen molar-refractivity contribution in [3.05, 3.63) is 74.4 Å². The average molecular weight is 486 g/mol. The minimum absolute atomic E-state index is 0. The Hall–Kier alpha value is -2.42. The lowest BCUT2D eigenvalue weighted by Gasteiger charge is -2.02. The van der Waals surface area contributed by atoms with Gasteiger partial charge in [-0.25, -0.2) is 9.13 Å². The van der Waals surface area contributed by atoms with Gasteiger partial charge in [-0.3, -0.25) is 20.6 Å². The molecule has 0 radical (unpaired) electrons. The molecule has 0 bridgehead atoms. The molecule has 3 rings (SSSR count). The number of benzene rings is 2. The number of nitro benzene ring substituents is 1. The highest BCUT2D eigenvalue weighted by Crippen LogP contribution is 2.25. The van der Waals surface area contributed by atoms with Crippen LogP contribution in [-0.2, 0) is 13.6 Å². The van der Waals surface area contributed by atoms with Crippen LogP contribution in [0.2, 0.25) is 10.0 Å². The number of ketones is 1. The summed E-state index contributed by atoms with van der Waals surface area (Å²) in [5, 5.41) is 11.7. The minimum Gasteiger partial charge on any atom is -1.00 e. The molecular formula is C18H15BrCl2N4O3. The van der Waals surface area contributed by atoms with E-state index in [-0.39, 0.29) is 35.0 Å². The fourth-order valence-corrected chi connectivity index (χ4v) is 3.00. The molecule has 1 aromatic heterocycles. The average Bonchev–Trinajstić information content (AvgIpc) is 2.92. The zero-order valence-electron chi connectivity index (χ0n) is 14.6. The Morgan fingerprint density at radius 3 is 2.57 bits per heavy atom. The summed E-state index contributed by atoms with van der Waals surface area (Å²) in [4.78, 5) is 23.1. The van der Waals surface area contributed by atoms with E-state index in [1.807, 2.05) is 0 Å². The molecule has 0 spiro atoms. The van der Waals surface area contributed by atoms with Gasteiger partial charge in [0.1, 0.15) is 18.4 Å². The number of nitro groups is 1. The molecule has 0 aliphatic heterocycles. The number of carbonyl (C=O) groups is 1. The second-order valence-electron chi connectivity index (χ2n) is 5.92. The van der Waals surface area contributed by atoms with Crippen molar-refractivity contribution < 1.29 is 31.3 Å². The monoisotopic (exact) mass is 484 g/mol. The predicted octanol–water partition coefficient (Wildman–Crippen LogP) is 0.664. The van der Waals surface area contributed by atoms with E-state index in [9.17, 15) is 14.9 Å². The maximum atomic E-state index is 12.6. The van der Waals surface area contributed by atoms with Gasteiger partial charge in [-0.05, 0) is 18.2 Å². The van der Waals surface area contributed by atoms with Crippen LogP contribution < -0.4 is 27.3 Å². The van der Waals surface area contributed by atoms with E-state index in [1.54, 1.807) is 46.6 Å². The van der Waals surface area contributed by atoms with Crippen molar-refractivity contribution in [2.75, 3.05) is 5.73 Å². The van der Waals surface area contributed by atoms with E-state index in [1.165, 1.54) is 18.2 Å². The van der Waals surface area contributed by atoms with Crippen molar-refractivity contribution in [2.24, 2.45) is 7.05 Å². The SMILES string of the molecule is Cn1c(-c2cccc([N+](=O)[O-])c2)c[n+](CC(=O)c2ccc(Cl)c(Cl)c2)c1N.[Br-]. The molecule has 146 valence electrons. The van der Waals surface area contributed by atoms with Crippen LogP contribution in [0.5, 0.6) is 0 Å². The van der Waals surface area contributed by atoms with Gasteiger partial charge in [0, 0.05) is 23.3 Å². The summed E-state index contributed by atoms with van der Waals surface area (Å²) < 4.78 is 3.25. The lowest BCUT2D eigenvalue weighted by Crippen LogP contribution is -3.00. The molecule has 0 saturated carbocycles. The number of aromatic nitrogens is 2. The predicted molar refractivity (Wildman–Crippen MR) is 103 cm³/mol. The van der Waals surface area contributed by atoms with Crippen LogP contribution >= 0.6 is 23.2 Å². The van der Waals surface area contributed by atoms with Crippen molar-refractivity contribution in [2.45, 2.75) is 6.54 Å². The van der Waals surface area contributed by atoms with E-state index < -0.39 is 4.92 Å². The minimum atomic E-state index is -0.461. The Labute approximate surface area is 181 Å². The van der Waals surface area contributed by atoms with Crippen LogP contribution in [0.4, 0.5) is 11.6 Å². The molecule has 10 heteroatoms. The molecule has 2 aromatic carbocycles. The molecule has 0 saturated heterocycles. The standard InChI is InChI=1S/C18H14Cl2N4O3.BrH/c1-22-16(11-3-2-4-13(7-11)24(26)27)9-23(18(22)21)10-17(25)12-5-6-14(19)15(20)8-12;/h2-9,21H,10H2,1H3;1H. The molecule has 0 unspecified atom stereocenters. The molecule has 0 aliphatic carbocycles. The molecule has 28 heavy (non-hydrogen) atoms. The maximum absolute atomic E-state index is 12.6. The molecule has 0 atom stereocenters. The lowest BCUT2D eigenvalue weighted by atomic mass is 10.1. The largest absolute Gasteiger partial charge is 1.00 e. The number of nitrogens with two attached hydrogens (primary N) is 1. The van der Waals surface area contributed by atoms with Crippen molar-refractivity contribution >= 4 is 40.6 Å². The fraction of sp³-hybridized carbons (Fsp3) is 0.111. The Kier molecular flexibility index (Phi) is 6.82. The van der Waals surface area contributed by atoms with Crippen LogP contribution in [0.3, 0.4) is 0 Å². The quantitative estimate of drug-likeness (QED) is 0.248. The van der Waals surface area contributed by atoms with Crippen molar-refractivity contribution in [3.8, 4) is 11.3 Å². The van der Waals surface area contributed by atoms with Gasteiger partial charge in [-0.1, -0.05) is 35.3 Å². The van der Waals surface area contributed by atoms with Gasteiger partial charge in [-0.2, -0.15) is 0 Å². The Balaban J connectivity index is 0.00000280. The number of anilines is 1. The number of nitrogen functional groups attached to an aromatic ring is 1. The number of rotatable bonds is 5. The van der Waals surface area contributed by atoms with E-state index in [4.69, 9.17) is 28.9 Å². The summed E-state index contributed by atoms with van der Waals surface area (Å²) in [5.41, 5.74) is 7.78. The van der Waals surface area contributed by atoms with Crippen LogP contribution in [0, 0.1) is 10.1 Å². The smallest absolute Gasteiger partial charge is 0.355 e.